The van der Waals surface area contributed by atoms with Gasteiger partial charge in [0, 0.05) is 22.2 Å². The maximum Gasteiger partial charge on any atom is 0.129 e. The van der Waals surface area contributed by atoms with Crippen LogP contribution >= 0.6 is 11.6 Å². The first kappa shape index (κ1) is 12.7. The standard InChI is InChI=1S/C16H19ClN2/c1-10-8-11-6-4-5-7-12(11)18-15(10)19-14-9-13(17)16(14,2)3/h4-8,13-14H,9H2,1-3H3,(H,18,19). The Labute approximate surface area is 119 Å². The van der Waals surface area contributed by atoms with Crippen LogP contribution in [0.3, 0.4) is 0 Å². The van der Waals surface area contributed by atoms with E-state index in [9.17, 15) is 0 Å². The Bertz CT molecular complexity index is 621. The highest BCUT2D eigenvalue weighted by Crippen LogP contribution is 2.45. The number of alkyl halides is 1. The van der Waals surface area contributed by atoms with Gasteiger partial charge in [-0.05, 0) is 31.0 Å². The Hall–Kier alpha value is -1.28. The van der Waals surface area contributed by atoms with Gasteiger partial charge < -0.3 is 5.32 Å². The van der Waals surface area contributed by atoms with Gasteiger partial charge in [0.15, 0.2) is 0 Å². The van der Waals surface area contributed by atoms with Crippen LogP contribution < -0.4 is 5.32 Å². The molecule has 0 radical (unpaired) electrons. The summed E-state index contributed by atoms with van der Waals surface area (Å²) in [6.07, 6.45) is 1.00. The third kappa shape index (κ3) is 2.08. The Morgan fingerprint density at radius 3 is 2.74 bits per heavy atom. The first-order chi connectivity index (χ1) is 8.98. The van der Waals surface area contributed by atoms with Crippen molar-refractivity contribution in [2.24, 2.45) is 5.41 Å². The highest BCUT2D eigenvalue weighted by molar-refractivity contribution is 6.21. The fraction of sp³-hybridized carbons (Fsp3) is 0.438. The number of benzene rings is 1. The Balaban J connectivity index is 1.91. The fourth-order valence-corrected chi connectivity index (χ4v) is 2.98. The van der Waals surface area contributed by atoms with Crippen LogP contribution in [0.4, 0.5) is 5.82 Å². The SMILES string of the molecule is Cc1cc2ccccc2nc1NC1CC(Cl)C1(C)C. The van der Waals surface area contributed by atoms with Crippen LogP contribution in [0.15, 0.2) is 30.3 Å². The van der Waals surface area contributed by atoms with Crippen LogP contribution in [-0.4, -0.2) is 16.4 Å². The smallest absolute Gasteiger partial charge is 0.129 e. The summed E-state index contributed by atoms with van der Waals surface area (Å²) >= 11 is 6.28. The van der Waals surface area contributed by atoms with E-state index in [4.69, 9.17) is 16.6 Å². The van der Waals surface area contributed by atoms with Crippen LogP contribution in [-0.2, 0) is 0 Å². The van der Waals surface area contributed by atoms with Crippen molar-refractivity contribution < 1.29 is 0 Å². The van der Waals surface area contributed by atoms with Crippen LogP contribution in [0.5, 0.6) is 0 Å². The lowest BCUT2D eigenvalue weighted by Gasteiger charge is -2.49. The summed E-state index contributed by atoms with van der Waals surface area (Å²) in [6, 6.07) is 10.8. The number of para-hydroxylation sites is 1. The van der Waals surface area contributed by atoms with Crippen molar-refractivity contribution in [3.05, 3.63) is 35.9 Å². The molecule has 1 saturated carbocycles. The van der Waals surface area contributed by atoms with E-state index in [0.29, 0.717) is 6.04 Å². The third-order valence-electron chi connectivity index (χ3n) is 4.37. The van der Waals surface area contributed by atoms with Crippen molar-refractivity contribution in [3.63, 3.8) is 0 Å². The van der Waals surface area contributed by atoms with E-state index in [1.54, 1.807) is 0 Å². The lowest BCUT2D eigenvalue weighted by Crippen LogP contribution is -2.54. The van der Waals surface area contributed by atoms with Gasteiger partial charge in [-0.1, -0.05) is 32.0 Å². The van der Waals surface area contributed by atoms with E-state index in [1.807, 2.05) is 12.1 Å². The minimum atomic E-state index is 0.126. The highest BCUT2D eigenvalue weighted by Gasteiger charge is 2.47. The van der Waals surface area contributed by atoms with Gasteiger partial charge in [-0.3, -0.25) is 0 Å². The monoisotopic (exact) mass is 274 g/mol. The van der Waals surface area contributed by atoms with Gasteiger partial charge in [-0.15, -0.1) is 11.6 Å². The van der Waals surface area contributed by atoms with Gasteiger partial charge >= 0.3 is 0 Å². The molecule has 1 heterocycles. The lowest BCUT2D eigenvalue weighted by molar-refractivity contribution is 0.168. The molecule has 2 nitrogen and oxygen atoms in total. The van der Waals surface area contributed by atoms with Crippen LogP contribution in [0.2, 0.25) is 0 Å². The number of anilines is 1. The van der Waals surface area contributed by atoms with Crippen molar-refractivity contribution in [1.82, 2.24) is 4.98 Å². The molecule has 1 aliphatic rings. The predicted molar refractivity (Wildman–Crippen MR) is 81.9 cm³/mol. The number of nitrogens with one attached hydrogen (secondary N) is 1. The minimum Gasteiger partial charge on any atom is -0.366 e. The summed E-state index contributed by atoms with van der Waals surface area (Å²) in [7, 11) is 0. The summed E-state index contributed by atoms with van der Waals surface area (Å²) in [5.41, 5.74) is 2.35. The zero-order valence-corrected chi connectivity index (χ0v) is 12.3. The number of halogens is 1. The van der Waals surface area contributed by atoms with Gasteiger partial charge in [-0.25, -0.2) is 4.98 Å². The van der Waals surface area contributed by atoms with Crippen molar-refractivity contribution in [1.29, 1.82) is 0 Å². The Kier molecular flexibility index (Phi) is 2.94. The molecule has 3 rings (SSSR count). The fourth-order valence-electron chi connectivity index (χ4n) is 2.65. The summed E-state index contributed by atoms with van der Waals surface area (Å²) in [5, 5.41) is 5.01. The number of aromatic nitrogens is 1. The zero-order chi connectivity index (χ0) is 13.6. The second-order valence-electron chi connectivity index (χ2n) is 6.07. The molecule has 0 amide bonds. The summed E-state index contributed by atoms with van der Waals surface area (Å²) in [6.45, 7) is 6.52. The summed E-state index contributed by atoms with van der Waals surface area (Å²) in [5.74, 6) is 0.986. The molecule has 2 atom stereocenters. The number of hydrogen-bond acceptors (Lipinski definition) is 2. The topological polar surface area (TPSA) is 24.9 Å². The molecule has 2 aromatic rings. The van der Waals surface area contributed by atoms with Gasteiger partial charge in [-0.2, -0.15) is 0 Å². The first-order valence-corrected chi connectivity index (χ1v) is 7.19. The summed E-state index contributed by atoms with van der Waals surface area (Å²) < 4.78 is 0. The molecule has 1 N–H and O–H groups in total. The normalized spacial score (nSPS) is 25.1. The van der Waals surface area contributed by atoms with E-state index in [0.717, 1.165) is 17.8 Å². The van der Waals surface area contributed by atoms with Gasteiger partial charge in [0.05, 0.1) is 5.52 Å². The largest absolute Gasteiger partial charge is 0.366 e. The molecule has 2 unspecified atom stereocenters. The first-order valence-electron chi connectivity index (χ1n) is 6.75. The maximum absolute atomic E-state index is 6.28. The number of nitrogens with zero attached hydrogens (tertiary/aromatic N) is 1. The Morgan fingerprint density at radius 1 is 1.32 bits per heavy atom. The van der Waals surface area contributed by atoms with E-state index >= 15 is 0 Å². The molecule has 1 aromatic heterocycles. The molecular weight excluding hydrogens is 256 g/mol. The van der Waals surface area contributed by atoms with E-state index in [1.165, 1.54) is 10.9 Å². The van der Waals surface area contributed by atoms with Gasteiger partial charge in [0.1, 0.15) is 5.82 Å². The van der Waals surface area contributed by atoms with E-state index in [2.05, 4.69) is 44.3 Å². The van der Waals surface area contributed by atoms with Crippen molar-refractivity contribution in [3.8, 4) is 0 Å². The highest BCUT2D eigenvalue weighted by atomic mass is 35.5. The molecule has 1 fully saturated rings. The lowest BCUT2D eigenvalue weighted by atomic mass is 9.67. The van der Waals surface area contributed by atoms with Crippen molar-refractivity contribution in [2.45, 2.75) is 38.6 Å². The van der Waals surface area contributed by atoms with Crippen molar-refractivity contribution >= 4 is 28.3 Å². The molecule has 0 spiro atoms. The zero-order valence-electron chi connectivity index (χ0n) is 11.6. The quantitative estimate of drug-likeness (QED) is 0.823. The van der Waals surface area contributed by atoms with Crippen LogP contribution in [0, 0.1) is 12.3 Å². The van der Waals surface area contributed by atoms with Crippen LogP contribution in [0.1, 0.15) is 25.8 Å². The van der Waals surface area contributed by atoms with Gasteiger partial charge in [0.2, 0.25) is 0 Å². The average molecular weight is 275 g/mol. The minimum absolute atomic E-state index is 0.126. The predicted octanol–water partition coefficient (Wildman–Crippen LogP) is 4.36. The Morgan fingerprint density at radius 2 is 2.05 bits per heavy atom. The number of hydrogen-bond donors (Lipinski definition) is 1. The van der Waals surface area contributed by atoms with Crippen molar-refractivity contribution in [2.75, 3.05) is 5.32 Å². The van der Waals surface area contributed by atoms with E-state index < -0.39 is 0 Å². The maximum atomic E-state index is 6.28. The van der Waals surface area contributed by atoms with Crippen LogP contribution in [0.25, 0.3) is 10.9 Å². The van der Waals surface area contributed by atoms with Gasteiger partial charge in [0.25, 0.3) is 0 Å². The molecule has 0 saturated heterocycles. The number of pyridine rings is 1. The second-order valence-corrected chi connectivity index (χ2v) is 6.59. The number of rotatable bonds is 2. The molecule has 0 aliphatic heterocycles. The molecule has 3 heteroatoms. The molecule has 0 bridgehead atoms. The molecular formula is C16H19ClN2. The average Bonchev–Trinajstić information content (AvgIpc) is 2.39. The molecule has 100 valence electrons. The molecule has 1 aromatic carbocycles. The van der Waals surface area contributed by atoms with E-state index in [-0.39, 0.29) is 10.8 Å². The molecule has 19 heavy (non-hydrogen) atoms. The number of aryl methyl sites for hydroxylation is 1. The second kappa shape index (κ2) is 4.38. The summed E-state index contributed by atoms with van der Waals surface area (Å²) in [4.78, 5) is 4.73. The number of fused-ring (bicyclic) bond motifs is 1. The molecule has 1 aliphatic carbocycles. The third-order valence-corrected chi connectivity index (χ3v) is 5.11.